The maximum absolute atomic E-state index is 9.37. The van der Waals surface area contributed by atoms with Gasteiger partial charge in [-0.05, 0) is 12.0 Å². The van der Waals surface area contributed by atoms with E-state index in [4.69, 9.17) is 0 Å². The molecular formula is C14H17N3O. The third kappa shape index (κ3) is 3.91. The van der Waals surface area contributed by atoms with Gasteiger partial charge in [-0.15, -0.1) is 0 Å². The highest BCUT2D eigenvalue weighted by atomic mass is 16.3. The monoisotopic (exact) mass is 243 g/mol. The number of nitrogens with one attached hydrogen (secondary N) is 1. The average Bonchev–Trinajstić information content (AvgIpc) is 2.45. The molecule has 1 unspecified atom stereocenters. The molecule has 0 spiro atoms. The molecule has 0 aliphatic heterocycles. The van der Waals surface area contributed by atoms with E-state index >= 15 is 0 Å². The standard InChI is InChI=1S/C14H17N3O/c18-11-13(8-12-4-2-1-3-5-12)17-10-14-9-15-6-7-16-14/h1-7,9,13,17-18H,8,10-11H2. The summed E-state index contributed by atoms with van der Waals surface area (Å²) in [5, 5.41) is 12.6. The summed E-state index contributed by atoms with van der Waals surface area (Å²) in [5.41, 5.74) is 2.09. The molecule has 1 heterocycles. The molecule has 0 bridgehead atoms. The van der Waals surface area contributed by atoms with Crippen LogP contribution >= 0.6 is 0 Å². The first-order valence-corrected chi connectivity index (χ1v) is 6.01. The maximum Gasteiger partial charge on any atom is 0.0724 e. The van der Waals surface area contributed by atoms with E-state index in [1.807, 2.05) is 18.2 Å². The minimum atomic E-state index is 0.0365. The van der Waals surface area contributed by atoms with Gasteiger partial charge in [-0.25, -0.2) is 0 Å². The lowest BCUT2D eigenvalue weighted by Crippen LogP contribution is -2.34. The second-order valence-corrected chi connectivity index (χ2v) is 4.15. The van der Waals surface area contributed by atoms with Crippen LogP contribution in [0.3, 0.4) is 0 Å². The average molecular weight is 243 g/mol. The summed E-state index contributed by atoms with van der Waals surface area (Å²) in [4.78, 5) is 8.19. The van der Waals surface area contributed by atoms with E-state index < -0.39 is 0 Å². The minimum absolute atomic E-state index is 0.0365. The molecule has 2 rings (SSSR count). The number of aromatic nitrogens is 2. The summed E-state index contributed by atoms with van der Waals surface area (Å²) >= 11 is 0. The Hall–Kier alpha value is -1.78. The van der Waals surface area contributed by atoms with Crippen molar-refractivity contribution >= 4 is 0 Å². The Morgan fingerprint density at radius 2 is 2.00 bits per heavy atom. The molecule has 2 aromatic rings. The minimum Gasteiger partial charge on any atom is -0.395 e. The Balaban J connectivity index is 1.86. The van der Waals surface area contributed by atoms with E-state index in [9.17, 15) is 5.11 Å². The fourth-order valence-electron chi connectivity index (χ4n) is 1.77. The quantitative estimate of drug-likeness (QED) is 0.799. The van der Waals surface area contributed by atoms with Gasteiger partial charge in [-0.3, -0.25) is 9.97 Å². The second kappa shape index (κ2) is 6.83. The van der Waals surface area contributed by atoms with Gasteiger partial charge in [-0.1, -0.05) is 30.3 Å². The molecule has 1 aromatic heterocycles. The Bertz CT molecular complexity index is 447. The predicted octanol–water partition coefficient (Wildman–Crippen LogP) is 1.17. The summed E-state index contributed by atoms with van der Waals surface area (Å²) in [5.74, 6) is 0. The van der Waals surface area contributed by atoms with E-state index in [2.05, 4.69) is 27.4 Å². The van der Waals surface area contributed by atoms with Crippen LogP contribution in [0.1, 0.15) is 11.3 Å². The molecule has 0 aliphatic carbocycles. The molecule has 0 radical (unpaired) electrons. The highest BCUT2D eigenvalue weighted by molar-refractivity contribution is 5.16. The molecule has 0 amide bonds. The zero-order valence-corrected chi connectivity index (χ0v) is 10.2. The van der Waals surface area contributed by atoms with Gasteiger partial charge in [0.2, 0.25) is 0 Å². The lowest BCUT2D eigenvalue weighted by molar-refractivity contribution is 0.240. The largest absolute Gasteiger partial charge is 0.395 e. The van der Waals surface area contributed by atoms with Crippen molar-refractivity contribution in [3.8, 4) is 0 Å². The van der Waals surface area contributed by atoms with Crippen molar-refractivity contribution in [1.82, 2.24) is 15.3 Å². The van der Waals surface area contributed by atoms with E-state index in [-0.39, 0.29) is 12.6 Å². The third-order valence-corrected chi connectivity index (χ3v) is 2.73. The summed E-state index contributed by atoms with van der Waals surface area (Å²) < 4.78 is 0. The number of benzene rings is 1. The van der Waals surface area contributed by atoms with E-state index in [0.717, 1.165) is 12.1 Å². The number of rotatable bonds is 6. The van der Waals surface area contributed by atoms with Gasteiger partial charge in [0, 0.05) is 31.2 Å². The van der Waals surface area contributed by atoms with Crippen molar-refractivity contribution in [2.45, 2.75) is 19.0 Å². The molecule has 0 aliphatic rings. The Kier molecular flexibility index (Phi) is 4.81. The van der Waals surface area contributed by atoms with Crippen molar-refractivity contribution in [3.05, 3.63) is 60.2 Å². The predicted molar refractivity (Wildman–Crippen MR) is 69.9 cm³/mol. The van der Waals surface area contributed by atoms with Gasteiger partial charge < -0.3 is 10.4 Å². The van der Waals surface area contributed by atoms with Crippen LogP contribution in [0, 0.1) is 0 Å². The SMILES string of the molecule is OCC(Cc1ccccc1)NCc1cnccn1. The summed E-state index contributed by atoms with van der Waals surface area (Å²) in [6, 6.07) is 10.2. The van der Waals surface area contributed by atoms with Crippen molar-refractivity contribution in [2.24, 2.45) is 0 Å². The smallest absolute Gasteiger partial charge is 0.0724 e. The van der Waals surface area contributed by atoms with Crippen molar-refractivity contribution in [1.29, 1.82) is 0 Å². The highest BCUT2D eigenvalue weighted by Gasteiger charge is 2.07. The number of aliphatic hydroxyl groups excluding tert-OH is 1. The molecule has 0 saturated carbocycles. The molecular weight excluding hydrogens is 226 g/mol. The summed E-state index contributed by atoms with van der Waals surface area (Å²) in [7, 11) is 0. The molecule has 1 aromatic carbocycles. The lowest BCUT2D eigenvalue weighted by Gasteiger charge is -2.15. The number of hydrogen-bond acceptors (Lipinski definition) is 4. The summed E-state index contributed by atoms with van der Waals surface area (Å²) in [6.07, 6.45) is 5.85. The molecule has 0 saturated heterocycles. The number of aliphatic hydroxyl groups is 1. The molecule has 4 nitrogen and oxygen atoms in total. The zero-order chi connectivity index (χ0) is 12.6. The van der Waals surface area contributed by atoms with Crippen molar-refractivity contribution < 1.29 is 5.11 Å². The van der Waals surface area contributed by atoms with Crippen LogP contribution in [0.15, 0.2) is 48.9 Å². The van der Waals surface area contributed by atoms with Gasteiger partial charge in [0.05, 0.1) is 12.3 Å². The van der Waals surface area contributed by atoms with Crippen LogP contribution in [-0.4, -0.2) is 27.7 Å². The Morgan fingerprint density at radius 3 is 2.67 bits per heavy atom. The number of hydrogen-bond donors (Lipinski definition) is 2. The van der Waals surface area contributed by atoms with Gasteiger partial charge in [0.25, 0.3) is 0 Å². The van der Waals surface area contributed by atoms with Crippen molar-refractivity contribution in [2.75, 3.05) is 6.61 Å². The second-order valence-electron chi connectivity index (χ2n) is 4.15. The van der Waals surface area contributed by atoms with Crippen LogP contribution in [0.5, 0.6) is 0 Å². The van der Waals surface area contributed by atoms with E-state index in [1.54, 1.807) is 18.6 Å². The normalized spacial score (nSPS) is 12.3. The van der Waals surface area contributed by atoms with Crippen LogP contribution in [0.4, 0.5) is 0 Å². The summed E-state index contributed by atoms with van der Waals surface area (Å²) in [6.45, 7) is 0.723. The molecule has 94 valence electrons. The fourth-order valence-corrected chi connectivity index (χ4v) is 1.77. The molecule has 1 atom stereocenters. The molecule has 4 heteroatoms. The maximum atomic E-state index is 9.37. The zero-order valence-electron chi connectivity index (χ0n) is 10.2. The third-order valence-electron chi connectivity index (χ3n) is 2.73. The Morgan fingerprint density at radius 1 is 1.17 bits per heavy atom. The van der Waals surface area contributed by atoms with Crippen LogP contribution in [0.25, 0.3) is 0 Å². The molecule has 2 N–H and O–H groups in total. The van der Waals surface area contributed by atoms with Crippen LogP contribution < -0.4 is 5.32 Å². The first kappa shape index (κ1) is 12.7. The molecule has 18 heavy (non-hydrogen) atoms. The topological polar surface area (TPSA) is 58.0 Å². The van der Waals surface area contributed by atoms with E-state index in [0.29, 0.717) is 6.54 Å². The van der Waals surface area contributed by atoms with Crippen molar-refractivity contribution in [3.63, 3.8) is 0 Å². The fraction of sp³-hybridized carbons (Fsp3) is 0.286. The highest BCUT2D eigenvalue weighted by Crippen LogP contribution is 2.03. The van der Waals surface area contributed by atoms with Crippen LogP contribution in [0.2, 0.25) is 0 Å². The first-order chi connectivity index (χ1) is 8.88. The van der Waals surface area contributed by atoms with Gasteiger partial charge in [-0.2, -0.15) is 0 Å². The van der Waals surface area contributed by atoms with Gasteiger partial charge in [0.1, 0.15) is 0 Å². The number of nitrogens with zero attached hydrogens (tertiary/aromatic N) is 2. The lowest BCUT2D eigenvalue weighted by atomic mass is 10.1. The van der Waals surface area contributed by atoms with Gasteiger partial charge >= 0.3 is 0 Å². The Labute approximate surface area is 107 Å². The molecule has 0 fully saturated rings. The first-order valence-electron chi connectivity index (χ1n) is 6.01. The van der Waals surface area contributed by atoms with E-state index in [1.165, 1.54) is 5.56 Å². The van der Waals surface area contributed by atoms with Gasteiger partial charge in [0.15, 0.2) is 0 Å². The van der Waals surface area contributed by atoms with Crippen LogP contribution in [-0.2, 0) is 13.0 Å².